The first-order chi connectivity index (χ1) is 10.5. The summed E-state index contributed by atoms with van der Waals surface area (Å²) in [4.78, 5) is 24.3. The Morgan fingerprint density at radius 3 is 2.50 bits per heavy atom. The second-order valence-electron chi connectivity index (χ2n) is 5.08. The van der Waals surface area contributed by atoms with Gasteiger partial charge < -0.3 is 15.7 Å². The van der Waals surface area contributed by atoms with Gasteiger partial charge in [0.25, 0.3) is 5.91 Å². The van der Waals surface area contributed by atoms with Crippen LogP contribution in [0.4, 0.5) is 0 Å². The van der Waals surface area contributed by atoms with Crippen LogP contribution >= 0.6 is 11.3 Å². The fourth-order valence-electron chi connectivity index (χ4n) is 1.86. The van der Waals surface area contributed by atoms with Crippen molar-refractivity contribution < 1.29 is 14.7 Å². The summed E-state index contributed by atoms with van der Waals surface area (Å²) in [6.07, 6.45) is 0. The average molecular weight is 318 g/mol. The van der Waals surface area contributed by atoms with Crippen LogP contribution in [0.5, 0.6) is 0 Å². The summed E-state index contributed by atoms with van der Waals surface area (Å²) in [5, 5.41) is 17.3. The van der Waals surface area contributed by atoms with Crippen molar-refractivity contribution in [2.24, 2.45) is 0 Å². The van der Waals surface area contributed by atoms with E-state index in [0.717, 1.165) is 4.88 Å². The number of thiophene rings is 1. The van der Waals surface area contributed by atoms with Gasteiger partial charge in [0.05, 0.1) is 13.1 Å². The maximum absolute atomic E-state index is 11.8. The van der Waals surface area contributed by atoms with Crippen LogP contribution < -0.4 is 10.6 Å². The van der Waals surface area contributed by atoms with Gasteiger partial charge in [0.1, 0.15) is 5.60 Å². The lowest BCUT2D eigenvalue weighted by atomic mass is 10.1. The number of hydrogen-bond acceptors (Lipinski definition) is 4. The Balaban J connectivity index is 1.78. The number of rotatable bonds is 6. The van der Waals surface area contributed by atoms with E-state index in [9.17, 15) is 14.7 Å². The van der Waals surface area contributed by atoms with E-state index in [-0.39, 0.29) is 24.9 Å². The SMILES string of the molecule is CC(O)(CNC(=O)CNC(=O)c1ccccc1)c1cccs1. The van der Waals surface area contributed by atoms with E-state index in [1.54, 1.807) is 31.2 Å². The monoisotopic (exact) mass is 318 g/mol. The van der Waals surface area contributed by atoms with E-state index < -0.39 is 5.60 Å². The Kier molecular flexibility index (Phi) is 5.30. The van der Waals surface area contributed by atoms with Gasteiger partial charge >= 0.3 is 0 Å². The van der Waals surface area contributed by atoms with Crippen LogP contribution in [-0.2, 0) is 10.4 Å². The van der Waals surface area contributed by atoms with Crippen molar-refractivity contribution in [1.29, 1.82) is 0 Å². The Hall–Kier alpha value is -2.18. The molecule has 1 aromatic carbocycles. The van der Waals surface area contributed by atoms with Crippen molar-refractivity contribution in [2.75, 3.05) is 13.1 Å². The molecule has 1 aromatic heterocycles. The minimum absolute atomic E-state index is 0.0908. The predicted molar refractivity (Wildman–Crippen MR) is 85.7 cm³/mol. The highest BCUT2D eigenvalue weighted by molar-refractivity contribution is 7.10. The largest absolute Gasteiger partial charge is 0.383 e. The van der Waals surface area contributed by atoms with Crippen LogP contribution in [0.25, 0.3) is 0 Å². The first kappa shape index (κ1) is 16.2. The standard InChI is InChI=1S/C16H18N2O3S/c1-16(21,13-8-5-9-22-13)11-18-14(19)10-17-15(20)12-6-3-2-4-7-12/h2-9,21H,10-11H2,1H3,(H,17,20)(H,18,19). The lowest BCUT2D eigenvalue weighted by Crippen LogP contribution is -2.43. The molecule has 0 aliphatic heterocycles. The van der Waals surface area contributed by atoms with E-state index >= 15 is 0 Å². The summed E-state index contributed by atoms with van der Waals surface area (Å²) in [6.45, 7) is 1.60. The lowest BCUT2D eigenvalue weighted by molar-refractivity contribution is -0.121. The third-order valence-corrected chi connectivity index (χ3v) is 4.25. The van der Waals surface area contributed by atoms with Crippen molar-refractivity contribution in [3.8, 4) is 0 Å². The number of amides is 2. The molecule has 5 nitrogen and oxygen atoms in total. The van der Waals surface area contributed by atoms with Gasteiger partial charge in [-0.15, -0.1) is 11.3 Å². The molecular formula is C16H18N2O3S. The molecular weight excluding hydrogens is 300 g/mol. The minimum atomic E-state index is -1.12. The van der Waals surface area contributed by atoms with Crippen LogP contribution in [0.15, 0.2) is 47.8 Å². The molecule has 2 rings (SSSR count). The fourth-order valence-corrected chi connectivity index (χ4v) is 2.64. The highest BCUT2D eigenvalue weighted by atomic mass is 32.1. The van der Waals surface area contributed by atoms with Crippen LogP contribution in [0.1, 0.15) is 22.2 Å². The van der Waals surface area contributed by atoms with Crippen molar-refractivity contribution in [1.82, 2.24) is 10.6 Å². The molecule has 0 radical (unpaired) electrons. The van der Waals surface area contributed by atoms with Crippen molar-refractivity contribution in [3.05, 3.63) is 58.3 Å². The van der Waals surface area contributed by atoms with E-state index in [1.807, 2.05) is 23.6 Å². The fraction of sp³-hybridized carbons (Fsp3) is 0.250. The molecule has 0 spiro atoms. The summed E-state index contributed by atoms with van der Waals surface area (Å²) < 4.78 is 0. The summed E-state index contributed by atoms with van der Waals surface area (Å²) in [5.74, 6) is -0.651. The summed E-state index contributed by atoms with van der Waals surface area (Å²) in [7, 11) is 0. The van der Waals surface area contributed by atoms with Crippen molar-refractivity contribution in [2.45, 2.75) is 12.5 Å². The molecule has 1 unspecified atom stereocenters. The lowest BCUT2D eigenvalue weighted by Gasteiger charge is -2.22. The van der Waals surface area contributed by atoms with Crippen molar-refractivity contribution >= 4 is 23.2 Å². The number of aliphatic hydroxyl groups is 1. The number of carbonyl (C=O) groups is 2. The molecule has 0 saturated heterocycles. The zero-order chi connectivity index (χ0) is 16.0. The van der Waals surface area contributed by atoms with E-state index in [1.165, 1.54) is 11.3 Å². The third kappa shape index (κ3) is 4.41. The van der Waals surface area contributed by atoms with Crippen molar-refractivity contribution in [3.63, 3.8) is 0 Å². The smallest absolute Gasteiger partial charge is 0.251 e. The quantitative estimate of drug-likeness (QED) is 0.755. The first-order valence-electron chi connectivity index (χ1n) is 6.85. The zero-order valence-electron chi connectivity index (χ0n) is 12.2. The van der Waals surface area contributed by atoms with Gasteiger partial charge in [-0.2, -0.15) is 0 Å². The van der Waals surface area contributed by atoms with Crippen LogP contribution in [0.2, 0.25) is 0 Å². The number of nitrogens with one attached hydrogen (secondary N) is 2. The third-order valence-electron chi connectivity index (χ3n) is 3.13. The van der Waals surface area contributed by atoms with E-state index in [0.29, 0.717) is 5.56 Å². The number of benzene rings is 1. The first-order valence-corrected chi connectivity index (χ1v) is 7.73. The molecule has 1 heterocycles. The number of carbonyl (C=O) groups excluding carboxylic acids is 2. The maximum Gasteiger partial charge on any atom is 0.251 e. The van der Waals surface area contributed by atoms with Gasteiger partial charge in [-0.1, -0.05) is 24.3 Å². The molecule has 0 bridgehead atoms. The van der Waals surface area contributed by atoms with Crippen LogP contribution in [0, 0.1) is 0 Å². The van der Waals surface area contributed by atoms with Gasteiger partial charge in [0.15, 0.2) is 0 Å². The zero-order valence-corrected chi connectivity index (χ0v) is 13.0. The van der Waals surface area contributed by atoms with Crippen LogP contribution in [0.3, 0.4) is 0 Å². The van der Waals surface area contributed by atoms with Gasteiger partial charge in [0.2, 0.25) is 5.91 Å². The Morgan fingerprint density at radius 2 is 1.86 bits per heavy atom. The second kappa shape index (κ2) is 7.20. The van der Waals surface area contributed by atoms with Crippen LogP contribution in [-0.4, -0.2) is 30.0 Å². The Labute approximate surface area is 133 Å². The van der Waals surface area contributed by atoms with Gasteiger partial charge in [-0.05, 0) is 30.5 Å². The molecule has 3 N–H and O–H groups in total. The highest BCUT2D eigenvalue weighted by Gasteiger charge is 2.24. The summed E-state index contributed by atoms with van der Waals surface area (Å²) in [6, 6.07) is 12.3. The molecule has 0 aliphatic rings. The second-order valence-corrected chi connectivity index (χ2v) is 6.02. The molecule has 2 aromatic rings. The topological polar surface area (TPSA) is 78.4 Å². The van der Waals surface area contributed by atoms with Gasteiger partial charge in [0, 0.05) is 10.4 Å². The molecule has 0 fully saturated rings. The highest BCUT2D eigenvalue weighted by Crippen LogP contribution is 2.24. The summed E-state index contributed by atoms with van der Waals surface area (Å²) in [5.41, 5.74) is -0.617. The molecule has 6 heteroatoms. The minimum Gasteiger partial charge on any atom is -0.383 e. The summed E-state index contributed by atoms with van der Waals surface area (Å²) >= 11 is 1.43. The molecule has 116 valence electrons. The van der Waals surface area contributed by atoms with Gasteiger partial charge in [-0.25, -0.2) is 0 Å². The molecule has 0 aliphatic carbocycles. The maximum atomic E-state index is 11.8. The van der Waals surface area contributed by atoms with E-state index in [4.69, 9.17) is 0 Å². The van der Waals surface area contributed by atoms with E-state index in [2.05, 4.69) is 10.6 Å². The predicted octanol–water partition coefficient (Wildman–Crippen LogP) is 1.50. The Bertz CT molecular complexity index is 624. The molecule has 0 saturated carbocycles. The normalized spacial score (nSPS) is 13.2. The average Bonchev–Trinajstić information content (AvgIpc) is 3.07. The molecule has 1 atom stereocenters. The number of hydrogen-bond donors (Lipinski definition) is 3. The molecule has 22 heavy (non-hydrogen) atoms. The van der Waals surface area contributed by atoms with Gasteiger partial charge in [-0.3, -0.25) is 9.59 Å². The Morgan fingerprint density at radius 1 is 1.14 bits per heavy atom. The molecule has 2 amide bonds.